The van der Waals surface area contributed by atoms with E-state index in [4.69, 9.17) is 21.9 Å². The van der Waals surface area contributed by atoms with Crippen LogP contribution < -0.4 is 5.73 Å². The molecule has 0 aliphatic rings. The summed E-state index contributed by atoms with van der Waals surface area (Å²) in [7, 11) is -4.23. The van der Waals surface area contributed by atoms with Crippen molar-refractivity contribution in [2.24, 2.45) is 0 Å². The number of hydrogen-bond donors (Lipinski definition) is 2. The van der Waals surface area contributed by atoms with E-state index in [1.54, 1.807) is 0 Å². The van der Waals surface area contributed by atoms with Crippen LogP contribution in [0.5, 0.6) is 0 Å². The molecule has 0 radical (unpaired) electrons. The van der Waals surface area contributed by atoms with Crippen molar-refractivity contribution in [3.63, 3.8) is 0 Å². The highest BCUT2D eigenvalue weighted by molar-refractivity contribution is 7.86. The number of nitrogen functional groups attached to an aromatic ring is 1. The SMILES string of the molecule is Nc1cc(CCl)ccc1S(=O)(=O)O. The number of rotatable bonds is 2. The number of hydrogen-bond acceptors (Lipinski definition) is 3. The van der Waals surface area contributed by atoms with Crippen molar-refractivity contribution in [2.75, 3.05) is 5.73 Å². The predicted molar refractivity (Wildman–Crippen MR) is 50.2 cm³/mol. The van der Waals surface area contributed by atoms with E-state index in [1.807, 2.05) is 0 Å². The average molecular weight is 222 g/mol. The second-order valence-electron chi connectivity index (χ2n) is 2.48. The molecule has 0 aliphatic heterocycles. The molecule has 3 N–H and O–H groups in total. The lowest BCUT2D eigenvalue weighted by molar-refractivity contribution is 0.483. The summed E-state index contributed by atoms with van der Waals surface area (Å²) in [6, 6.07) is 4.13. The van der Waals surface area contributed by atoms with E-state index in [9.17, 15) is 8.42 Å². The maximum atomic E-state index is 10.7. The lowest BCUT2D eigenvalue weighted by Gasteiger charge is -2.03. The van der Waals surface area contributed by atoms with Crippen LogP contribution in [0.15, 0.2) is 23.1 Å². The van der Waals surface area contributed by atoms with Gasteiger partial charge in [-0.15, -0.1) is 11.6 Å². The van der Waals surface area contributed by atoms with E-state index in [0.29, 0.717) is 5.56 Å². The fraction of sp³-hybridized carbons (Fsp3) is 0.143. The number of nitrogens with two attached hydrogens (primary N) is 1. The molecule has 0 saturated carbocycles. The molecule has 0 spiro atoms. The molecule has 6 heteroatoms. The Hall–Kier alpha value is -0.780. The standard InChI is InChI=1S/C7H8ClNO3S/c8-4-5-1-2-7(6(9)3-5)13(10,11)12/h1-3H,4,9H2,(H,10,11,12). The van der Waals surface area contributed by atoms with Gasteiger partial charge in [-0.05, 0) is 17.7 Å². The Labute approximate surface area is 81.1 Å². The lowest BCUT2D eigenvalue weighted by atomic mass is 10.2. The summed E-state index contributed by atoms with van der Waals surface area (Å²) < 4.78 is 30.1. The van der Waals surface area contributed by atoms with Gasteiger partial charge in [-0.25, -0.2) is 0 Å². The monoisotopic (exact) mass is 221 g/mol. The molecule has 13 heavy (non-hydrogen) atoms. The third-order valence-electron chi connectivity index (χ3n) is 1.51. The summed E-state index contributed by atoms with van der Waals surface area (Å²) in [5.41, 5.74) is 6.09. The van der Waals surface area contributed by atoms with E-state index in [2.05, 4.69) is 0 Å². The van der Waals surface area contributed by atoms with Gasteiger partial charge in [0.15, 0.2) is 0 Å². The molecule has 1 rings (SSSR count). The fourth-order valence-corrected chi connectivity index (χ4v) is 1.68. The second kappa shape index (κ2) is 3.53. The first-order chi connectivity index (χ1) is 5.95. The van der Waals surface area contributed by atoms with Crippen LogP contribution in [0.2, 0.25) is 0 Å². The largest absolute Gasteiger partial charge is 0.398 e. The number of halogens is 1. The molecule has 1 aromatic carbocycles. The minimum absolute atomic E-state index is 0.000602. The summed E-state index contributed by atoms with van der Waals surface area (Å²) in [6.07, 6.45) is 0. The Bertz CT molecular complexity index is 416. The lowest BCUT2D eigenvalue weighted by Crippen LogP contribution is -2.03. The molecule has 0 heterocycles. The van der Waals surface area contributed by atoms with Crippen LogP contribution in [0, 0.1) is 0 Å². The van der Waals surface area contributed by atoms with Crippen LogP contribution in [-0.2, 0) is 16.0 Å². The summed E-state index contributed by atoms with van der Waals surface area (Å²) in [4.78, 5) is -0.290. The van der Waals surface area contributed by atoms with Crippen molar-refractivity contribution in [1.82, 2.24) is 0 Å². The third-order valence-corrected chi connectivity index (χ3v) is 2.74. The highest BCUT2D eigenvalue weighted by atomic mass is 35.5. The summed E-state index contributed by atoms with van der Waals surface area (Å²) >= 11 is 5.50. The van der Waals surface area contributed by atoms with Gasteiger partial charge < -0.3 is 5.73 Å². The van der Waals surface area contributed by atoms with E-state index in [1.165, 1.54) is 18.2 Å². The number of benzene rings is 1. The van der Waals surface area contributed by atoms with Crippen LogP contribution >= 0.6 is 11.6 Å². The third kappa shape index (κ3) is 2.33. The predicted octanol–water partition coefficient (Wildman–Crippen LogP) is 1.25. The molecule has 0 aliphatic carbocycles. The van der Waals surface area contributed by atoms with Crippen LogP contribution in [0.3, 0.4) is 0 Å². The molecule has 0 fully saturated rings. The van der Waals surface area contributed by atoms with Gasteiger partial charge >= 0.3 is 0 Å². The van der Waals surface area contributed by atoms with Gasteiger partial charge in [0.25, 0.3) is 10.1 Å². The molecule has 0 aromatic heterocycles. The van der Waals surface area contributed by atoms with Crippen LogP contribution in [-0.4, -0.2) is 13.0 Å². The summed E-state index contributed by atoms with van der Waals surface area (Å²) in [6.45, 7) is 0. The summed E-state index contributed by atoms with van der Waals surface area (Å²) in [5.74, 6) is 0.246. The van der Waals surface area contributed by atoms with E-state index in [0.717, 1.165) is 0 Å². The van der Waals surface area contributed by atoms with Crippen LogP contribution in [0.25, 0.3) is 0 Å². The van der Waals surface area contributed by atoms with Gasteiger partial charge in [-0.1, -0.05) is 6.07 Å². The fourth-order valence-electron chi connectivity index (χ4n) is 0.916. The van der Waals surface area contributed by atoms with Gasteiger partial charge in [0.2, 0.25) is 0 Å². The highest BCUT2D eigenvalue weighted by Crippen LogP contribution is 2.20. The zero-order chi connectivity index (χ0) is 10.1. The average Bonchev–Trinajstić information content (AvgIpc) is 2.01. The zero-order valence-electron chi connectivity index (χ0n) is 6.57. The maximum Gasteiger partial charge on any atom is 0.296 e. The van der Waals surface area contributed by atoms with Crippen molar-refractivity contribution in [2.45, 2.75) is 10.8 Å². The Morgan fingerprint density at radius 1 is 1.46 bits per heavy atom. The molecule has 4 nitrogen and oxygen atoms in total. The van der Waals surface area contributed by atoms with Gasteiger partial charge in [0.05, 0.1) is 5.69 Å². The molecule has 0 amide bonds. The number of alkyl halides is 1. The second-order valence-corrected chi connectivity index (χ2v) is 4.14. The maximum absolute atomic E-state index is 10.7. The molecule has 0 atom stereocenters. The van der Waals surface area contributed by atoms with Crippen molar-refractivity contribution >= 4 is 27.4 Å². The molecular weight excluding hydrogens is 214 g/mol. The zero-order valence-corrected chi connectivity index (χ0v) is 8.14. The van der Waals surface area contributed by atoms with Crippen molar-refractivity contribution in [1.29, 1.82) is 0 Å². The Morgan fingerprint density at radius 2 is 2.08 bits per heavy atom. The highest BCUT2D eigenvalue weighted by Gasteiger charge is 2.13. The molecule has 1 aromatic rings. The van der Waals surface area contributed by atoms with E-state index < -0.39 is 10.1 Å². The molecular formula is C7H8ClNO3S. The molecule has 72 valence electrons. The summed E-state index contributed by atoms with van der Waals surface area (Å²) in [5, 5.41) is 0. The van der Waals surface area contributed by atoms with Crippen molar-refractivity contribution in [3.05, 3.63) is 23.8 Å². The smallest absolute Gasteiger partial charge is 0.296 e. The minimum atomic E-state index is -4.23. The van der Waals surface area contributed by atoms with Gasteiger partial charge in [0, 0.05) is 5.88 Å². The molecule has 0 bridgehead atoms. The molecule has 0 unspecified atom stereocenters. The van der Waals surface area contributed by atoms with Crippen LogP contribution in [0.1, 0.15) is 5.56 Å². The van der Waals surface area contributed by atoms with Gasteiger partial charge in [-0.2, -0.15) is 8.42 Å². The minimum Gasteiger partial charge on any atom is -0.398 e. The number of anilines is 1. The quantitative estimate of drug-likeness (QED) is 0.448. The normalized spacial score (nSPS) is 11.5. The Kier molecular flexibility index (Phi) is 2.80. The molecule has 0 saturated heterocycles. The van der Waals surface area contributed by atoms with Crippen molar-refractivity contribution < 1.29 is 13.0 Å². The first-order valence-corrected chi connectivity index (χ1v) is 5.34. The van der Waals surface area contributed by atoms with Crippen LogP contribution in [0.4, 0.5) is 5.69 Å². The van der Waals surface area contributed by atoms with Gasteiger partial charge in [0.1, 0.15) is 4.90 Å². The Morgan fingerprint density at radius 3 is 2.46 bits per heavy atom. The van der Waals surface area contributed by atoms with E-state index in [-0.39, 0.29) is 16.5 Å². The Balaban J connectivity index is 3.29. The first kappa shape index (κ1) is 10.3. The van der Waals surface area contributed by atoms with Crippen molar-refractivity contribution in [3.8, 4) is 0 Å². The van der Waals surface area contributed by atoms with Gasteiger partial charge in [-0.3, -0.25) is 4.55 Å². The van der Waals surface area contributed by atoms with E-state index >= 15 is 0 Å². The first-order valence-electron chi connectivity index (χ1n) is 3.37. The topological polar surface area (TPSA) is 80.4 Å².